The first kappa shape index (κ1) is 22.9. The van der Waals surface area contributed by atoms with Gasteiger partial charge in [-0.2, -0.15) is 4.31 Å². The van der Waals surface area contributed by atoms with Crippen LogP contribution in [0.2, 0.25) is 0 Å². The number of rotatable bonds is 4. The predicted molar refractivity (Wildman–Crippen MR) is 155 cm³/mol. The van der Waals surface area contributed by atoms with Gasteiger partial charge in [-0.3, -0.25) is 0 Å². The molecule has 3 nitrogen and oxygen atoms in total. The first-order valence-corrected chi connectivity index (χ1v) is 14.2. The van der Waals surface area contributed by atoms with Gasteiger partial charge >= 0.3 is 0 Å². The SMILES string of the molecule is O=S(=O)(c1ccccc1)N1Cc2c(c(-c3ccccc3)c3c(ccc4ccccc43)c2-c2ccccc2)C1. The van der Waals surface area contributed by atoms with E-state index in [1.165, 1.54) is 16.2 Å². The first-order valence-electron chi connectivity index (χ1n) is 12.8. The fraction of sp³-hybridized carbons (Fsp3) is 0.0588. The van der Waals surface area contributed by atoms with E-state index in [0.29, 0.717) is 18.0 Å². The van der Waals surface area contributed by atoms with Gasteiger partial charge in [0.15, 0.2) is 0 Å². The minimum absolute atomic E-state index is 0.324. The molecule has 0 saturated carbocycles. The molecular weight excluding hydrogens is 486 g/mol. The molecule has 0 bridgehead atoms. The standard InChI is InChI=1S/C34H25NO2S/c36-38(37,27-17-8-3-9-18-27)35-22-30-31(23-35)33(26-15-6-2-7-16-26)34-28-19-11-10-12-24(28)20-21-29(34)32(30)25-13-4-1-5-14-25/h1-21H,22-23H2. The molecule has 1 heterocycles. The van der Waals surface area contributed by atoms with Crippen molar-refractivity contribution in [3.8, 4) is 22.3 Å². The molecule has 0 unspecified atom stereocenters. The van der Waals surface area contributed by atoms with Gasteiger partial charge in [-0.05, 0) is 67.1 Å². The van der Waals surface area contributed by atoms with Crippen LogP contribution in [-0.2, 0) is 23.1 Å². The summed E-state index contributed by atoms with van der Waals surface area (Å²) in [7, 11) is -3.67. The maximum Gasteiger partial charge on any atom is 0.243 e. The fourth-order valence-corrected chi connectivity index (χ4v) is 7.29. The lowest BCUT2D eigenvalue weighted by molar-refractivity contribution is 0.432. The van der Waals surface area contributed by atoms with Crippen LogP contribution >= 0.6 is 0 Å². The average molecular weight is 512 g/mol. The summed E-state index contributed by atoms with van der Waals surface area (Å²) in [6, 6.07) is 42.4. The molecule has 184 valence electrons. The van der Waals surface area contributed by atoms with Crippen LogP contribution in [0.4, 0.5) is 0 Å². The third-order valence-corrected chi connectivity index (χ3v) is 9.40. The van der Waals surface area contributed by atoms with Crippen LogP contribution in [0, 0.1) is 0 Å². The zero-order valence-corrected chi connectivity index (χ0v) is 21.5. The number of fused-ring (bicyclic) bond motifs is 4. The molecule has 38 heavy (non-hydrogen) atoms. The summed E-state index contributed by atoms with van der Waals surface area (Å²) < 4.78 is 29.3. The zero-order chi connectivity index (χ0) is 25.7. The Labute approximate surface area is 222 Å². The van der Waals surface area contributed by atoms with Gasteiger partial charge in [0.2, 0.25) is 10.0 Å². The second-order valence-electron chi connectivity index (χ2n) is 9.73. The molecule has 0 aromatic heterocycles. The molecule has 0 atom stereocenters. The van der Waals surface area contributed by atoms with Crippen LogP contribution in [0.5, 0.6) is 0 Å². The third kappa shape index (κ3) is 3.57. The smallest absolute Gasteiger partial charge is 0.207 e. The van der Waals surface area contributed by atoms with Crippen molar-refractivity contribution >= 4 is 31.6 Å². The van der Waals surface area contributed by atoms with E-state index in [0.717, 1.165) is 38.8 Å². The topological polar surface area (TPSA) is 37.4 Å². The monoisotopic (exact) mass is 511 g/mol. The first-order chi connectivity index (χ1) is 18.6. The Morgan fingerprint density at radius 2 is 1.03 bits per heavy atom. The Hall–Kier alpha value is -4.25. The molecule has 0 saturated heterocycles. The number of hydrogen-bond acceptors (Lipinski definition) is 2. The molecule has 7 rings (SSSR count). The molecule has 0 amide bonds. The summed E-state index contributed by atoms with van der Waals surface area (Å²) in [5.74, 6) is 0. The Balaban J connectivity index is 1.60. The molecule has 6 aromatic carbocycles. The molecule has 6 aromatic rings. The van der Waals surface area contributed by atoms with Crippen molar-refractivity contribution < 1.29 is 8.42 Å². The Bertz CT molecular complexity index is 1920. The minimum atomic E-state index is -3.67. The van der Waals surface area contributed by atoms with E-state index in [-0.39, 0.29) is 0 Å². The average Bonchev–Trinajstić information content (AvgIpc) is 3.43. The Kier molecular flexibility index (Phi) is 5.39. The highest BCUT2D eigenvalue weighted by Crippen LogP contribution is 2.48. The molecule has 0 radical (unpaired) electrons. The van der Waals surface area contributed by atoms with Crippen molar-refractivity contribution in [3.05, 3.63) is 139 Å². The van der Waals surface area contributed by atoms with Gasteiger partial charge in [0.1, 0.15) is 0 Å². The van der Waals surface area contributed by atoms with Crippen molar-refractivity contribution in [2.75, 3.05) is 0 Å². The van der Waals surface area contributed by atoms with Gasteiger partial charge in [0, 0.05) is 13.1 Å². The number of sulfonamides is 1. The van der Waals surface area contributed by atoms with Crippen LogP contribution in [0.15, 0.2) is 132 Å². The van der Waals surface area contributed by atoms with Gasteiger partial charge < -0.3 is 0 Å². The van der Waals surface area contributed by atoms with E-state index < -0.39 is 10.0 Å². The highest BCUT2D eigenvalue weighted by atomic mass is 32.2. The van der Waals surface area contributed by atoms with E-state index in [9.17, 15) is 8.42 Å². The zero-order valence-electron chi connectivity index (χ0n) is 20.7. The second kappa shape index (κ2) is 8.95. The molecule has 0 fully saturated rings. The lowest BCUT2D eigenvalue weighted by Crippen LogP contribution is -2.25. The maximum atomic E-state index is 13.8. The molecule has 4 heteroatoms. The van der Waals surface area contributed by atoms with E-state index in [1.54, 1.807) is 28.6 Å². The van der Waals surface area contributed by atoms with E-state index in [1.807, 2.05) is 30.3 Å². The number of hydrogen-bond donors (Lipinski definition) is 0. The molecule has 0 aliphatic carbocycles. The summed E-state index contributed by atoms with van der Waals surface area (Å²) in [5, 5.41) is 4.66. The minimum Gasteiger partial charge on any atom is -0.207 e. The van der Waals surface area contributed by atoms with E-state index in [2.05, 4.69) is 72.8 Å². The van der Waals surface area contributed by atoms with Crippen molar-refractivity contribution in [2.24, 2.45) is 0 Å². The third-order valence-electron chi connectivity index (χ3n) is 7.59. The van der Waals surface area contributed by atoms with Crippen LogP contribution in [0.1, 0.15) is 11.1 Å². The molecule has 1 aliphatic rings. The quantitative estimate of drug-likeness (QED) is 0.225. The highest BCUT2D eigenvalue weighted by molar-refractivity contribution is 7.89. The lowest BCUT2D eigenvalue weighted by Gasteiger charge is -2.20. The fourth-order valence-electron chi connectivity index (χ4n) is 5.89. The summed E-state index contributed by atoms with van der Waals surface area (Å²) in [6.07, 6.45) is 0. The maximum absolute atomic E-state index is 13.8. The van der Waals surface area contributed by atoms with Crippen molar-refractivity contribution in [1.29, 1.82) is 0 Å². The largest absolute Gasteiger partial charge is 0.243 e. The summed E-state index contributed by atoms with van der Waals surface area (Å²) in [5.41, 5.74) is 6.60. The number of nitrogens with zero attached hydrogens (tertiary/aromatic N) is 1. The van der Waals surface area contributed by atoms with Crippen LogP contribution in [-0.4, -0.2) is 12.7 Å². The molecule has 0 N–H and O–H groups in total. The lowest BCUT2D eigenvalue weighted by atomic mass is 9.83. The predicted octanol–water partition coefficient (Wildman–Crippen LogP) is 8.03. The van der Waals surface area contributed by atoms with Gasteiger partial charge in [-0.15, -0.1) is 0 Å². The van der Waals surface area contributed by atoms with Gasteiger partial charge in [-0.25, -0.2) is 8.42 Å². The van der Waals surface area contributed by atoms with Crippen LogP contribution < -0.4 is 0 Å². The highest BCUT2D eigenvalue weighted by Gasteiger charge is 2.35. The van der Waals surface area contributed by atoms with Crippen molar-refractivity contribution in [2.45, 2.75) is 18.0 Å². The summed E-state index contributed by atoms with van der Waals surface area (Å²) in [4.78, 5) is 0.324. The normalized spacial score (nSPS) is 13.7. The summed E-state index contributed by atoms with van der Waals surface area (Å²) >= 11 is 0. The van der Waals surface area contributed by atoms with Gasteiger partial charge in [-0.1, -0.05) is 115 Å². The second-order valence-corrected chi connectivity index (χ2v) is 11.7. The van der Waals surface area contributed by atoms with Gasteiger partial charge in [0.25, 0.3) is 0 Å². The van der Waals surface area contributed by atoms with Crippen LogP contribution in [0.25, 0.3) is 43.8 Å². The van der Waals surface area contributed by atoms with Crippen molar-refractivity contribution in [3.63, 3.8) is 0 Å². The number of benzene rings is 6. The molecular formula is C34H25NO2S. The summed E-state index contributed by atoms with van der Waals surface area (Å²) in [6.45, 7) is 0.662. The van der Waals surface area contributed by atoms with E-state index >= 15 is 0 Å². The van der Waals surface area contributed by atoms with E-state index in [4.69, 9.17) is 0 Å². The Morgan fingerprint density at radius 1 is 0.500 bits per heavy atom. The van der Waals surface area contributed by atoms with Crippen LogP contribution in [0.3, 0.4) is 0 Å². The van der Waals surface area contributed by atoms with Gasteiger partial charge in [0.05, 0.1) is 4.90 Å². The van der Waals surface area contributed by atoms with Crippen molar-refractivity contribution in [1.82, 2.24) is 4.31 Å². The molecule has 0 spiro atoms. The Morgan fingerprint density at radius 3 is 1.68 bits per heavy atom. The molecule has 1 aliphatic heterocycles.